The van der Waals surface area contributed by atoms with Crippen molar-refractivity contribution in [2.75, 3.05) is 14.2 Å². The van der Waals surface area contributed by atoms with Crippen LogP contribution in [0.1, 0.15) is 21.5 Å². The van der Waals surface area contributed by atoms with Crippen LogP contribution in [-0.2, 0) is 0 Å². The fraction of sp³-hybridized carbons (Fsp3) is 0.154. The van der Waals surface area contributed by atoms with Gasteiger partial charge in [0.05, 0.1) is 25.2 Å². The molecule has 0 atom stereocenters. The van der Waals surface area contributed by atoms with Crippen molar-refractivity contribution in [2.45, 2.75) is 13.8 Å². The molecule has 0 N–H and O–H groups in total. The Morgan fingerprint density at radius 2 is 1.38 bits per heavy atom. The minimum atomic E-state index is -0.669. The van der Waals surface area contributed by atoms with Crippen LogP contribution in [0.25, 0.3) is 22.3 Å². The monoisotopic (exact) mass is 430 g/mol. The summed E-state index contributed by atoms with van der Waals surface area (Å²) < 4.78 is 22.0. The van der Waals surface area contributed by atoms with Gasteiger partial charge in [-0.2, -0.15) is 0 Å². The van der Waals surface area contributed by atoms with Gasteiger partial charge < -0.3 is 18.6 Å². The van der Waals surface area contributed by atoms with Crippen LogP contribution in [0.4, 0.5) is 0 Å². The second-order valence-corrected chi connectivity index (χ2v) is 7.37. The van der Waals surface area contributed by atoms with Crippen LogP contribution in [0.5, 0.6) is 17.2 Å². The molecular weight excluding hydrogens is 408 g/mol. The fourth-order valence-electron chi connectivity index (χ4n) is 3.34. The number of carbonyl (C=O) groups is 1. The molecule has 6 nitrogen and oxygen atoms in total. The van der Waals surface area contributed by atoms with Crippen molar-refractivity contribution >= 4 is 16.9 Å². The van der Waals surface area contributed by atoms with E-state index in [4.69, 9.17) is 18.6 Å². The van der Waals surface area contributed by atoms with Crippen LogP contribution in [0.15, 0.2) is 69.9 Å². The van der Waals surface area contributed by atoms with Crippen molar-refractivity contribution < 1.29 is 23.4 Å². The molecule has 0 saturated carbocycles. The molecule has 0 aliphatic rings. The van der Waals surface area contributed by atoms with Crippen LogP contribution in [-0.4, -0.2) is 20.2 Å². The number of hydrogen-bond donors (Lipinski definition) is 0. The van der Waals surface area contributed by atoms with Crippen LogP contribution in [0, 0.1) is 13.8 Å². The maximum Gasteiger partial charge on any atom is 0.343 e. The minimum absolute atomic E-state index is 0.160. The Hall–Kier alpha value is -4.06. The summed E-state index contributed by atoms with van der Waals surface area (Å²) in [5.74, 6) is 0.608. The van der Waals surface area contributed by atoms with Crippen molar-refractivity contribution in [1.82, 2.24) is 0 Å². The van der Waals surface area contributed by atoms with E-state index < -0.39 is 11.4 Å². The van der Waals surface area contributed by atoms with Gasteiger partial charge in [0.1, 0.15) is 17.1 Å². The molecule has 4 aromatic rings. The second-order valence-electron chi connectivity index (χ2n) is 7.37. The summed E-state index contributed by atoms with van der Waals surface area (Å²) in [5, 5.41) is 0.350. The van der Waals surface area contributed by atoms with E-state index in [-0.39, 0.29) is 17.1 Å². The molecule has 1 heterocycles. The van der Waals surface area contributed by atoms with Gasteiger partial charge in [-0.1, -0.05) is 0 Å². The topological polar surface area (TPSA) is 75.0 Å². The summed E-state index contributed by atoms with van der Waals surface area (Å²) in [7, 11) is 3.11. The number of esters is 1. The highest BCUT2D eigenvalue weighted by atomic mass is 16.5. The maximum absolute atomic E-state index is 13.4. The third-order valence-electron chi connectivity index (χ3n) is 5.34. The molecule has 0 fully saturated rings. The molecule has 3 aromatic carbocycles. The highest BCUT2D eigenvalue weighted by molar-refractivity contribution is 5.93. The van der Waals surface area contributed by atoms with E-state index in [1.54, 1.807) is 68.8 Å². The fourth-order valence-corrected chi connectivity index (χ4v) is 3.34. The number of methoxy groups -OCH3 is 2. The Kier molecular flexibility index (Phi) is 5.69. The average Bonchev–Trinajstić information content (AvgIpc) is 2.82. The number of hydrogen-bond acceptors (Lipinski definition) is 6. The van der Waals surface area contributed by atoms with Gasteiger partial charge in [-0.3, -0.25) is 4.79 Å². The van der Waals surface area contributed by atoms with E-state index in [9.17, 15) is 9.59 Å². The summed E-state index contributed by atoms with van der Waals surface area (Å²) in [6.07, 6.45) is 0. The Bertz CT molecular complexity index is 1350. The molecule has 0 bridgehead atoms. The largest absolute Gasteiger partial charge is 0.497 e. The second kappa shape index (κ2) is 8.59. The van der Waals surface area contributed by atoms with Gasteiger partial charge in [0.2, 0.25) is 11.2 Å². The summed E-state index contributed by atoms with van der Waals surface area (Å²) in [5.41, 5.74) is 2.81. The average molecular weight is 430 g/mol. The third-order valence-corrected chi connectivity index (χ3v) is 5.34. The predicted molar refractivity (Wildman–Crippen MR) is 122 cm³/mol. The maximum atomic E-state index is 13.4. The van der Waals surface area contributed by atoms with Crippen molar-refractivity contribution in [2.24, 2.45) is 0 Å². The number of benzene rings is 3. The smallest absolute Gasteiger partial charge is 0.343 e. The standard InChI is InChI=1S/C26H22O6/c1-15-13-21-22(14-16(15)2)31-24(17-5-9-19(29-3)10-6-17)25(23(21)27)32-26(28)18-7-11-20(30-4)12-8-18/h5-14H,1-4H3. The van der Waals surface area contributed by atoms with E-state index in [2.05, 4.69) is 0 Å². The van der Waals surface area contributed by atoms with E-state index in [0.717, 1.165) is 11.1 Å². The zero-order valence-electron chi connectivity index (χ0n) is 18.2. The van der Waals surface area contributed by atoms with Crippen molar-refractivity contribution in [3.05, 3.63) is 87.6 Å². The summed E-state index contributed by atoms with van der Waals surface area (Å²) in [6, 6.07) is 17.0. The first-order valence-corrected chi connectivity index (χ1v) is 10.00. The van der Waals surface area contributed by atoms with E-state index >= 15 is 0 Å². The molecule has 0 aliphatic carbocycles. The van der Waals surface area contributed by atoms with Gasteiger partial charge in [-0.25, -0.2) is 4.79 Å². The normalized spacial score (nSPS) is 10.8. The number of ether oxygens (including phenoxy) is 3. The highest BCUT2D eigenvalue weighted by Gasteiger charge is 2.22. The van der Waals surface area contributed by atoms with E-state index in [0.29, 0.717) is 28.0 Å². The van der Waals surface area contributed by atoms with Gasteiger partial charge in [0, 0.05) is 5.56 Å². The van der Waals surface area contributed by atoms with Crippen molar-refractivity contribution in [1.29, 1.82) is 0 Å². The summed E-state index contributed by atoms with van der Waals surface area (Å²) >= 11 is 0. The van der Waals surface area contributed by atoms with Gasteiger partial charge in [-0.05, 0) is 85.6 Å². The predicted octanol–water partition coefficient (Wildman–Crippen LogP) is 5.31. The van der Waals surface area contributed by atoms with Gasteiger partial charge >= 0.3 is 5.97 Å². The molecule has 0 unspecified atom stereocenters. The van der Waals surface area contributed by atoms with Crippen LogP contribution < -0.4 is 19.6 Å². The first kappa shape index (κ1) is 21.2. The number of rotatable bonds is 5. The number of aryl methyl sites for hydroxylation is 2. The molecule has 6 heteroatoms. The third kappa shape index (κ3) is 3.95. The Labute approximate surface area is 185 Å². The first-order chi connectivity index (χ1) is 15.4. The lowest BCUT2D eigenvalue weighted by atomic mass is 10.0. The molecule has 162 valence electrons. The molecular formula is C26H22O6. The lowest BCUT2D eigenvalue weighted by Crippen LogP contribution is -2.16. The Morgan fingerprint density at radius 1 is 0.812 bits per heavy atom. The van der Waals surface area contributed by atoms with Gasteiger partial charge in [0.15, 0.2) is 5.76 Å². The minimum Gasteiger partial charge on any atom is -0.497 e. The molecule has 0 spiro atoms. The molecule has 0 saturated heterocycles. The SMILES string of the molecule is COc1ccc(C(=O)Oc2c(-c3ccc(OC)cc3)oc3cc(C)c(C)cc3c2=O)cc1. The van der Waals surface area contributed by atoms with Gasteiger partial charge in [0.25, 0.3) is 0 Å². The zero-order chi connectivity index (χ0) is 22.8. The lowest BCUT2D eigenvalue weighted by molar-refractivity contribution is 0.0731. The van der Waals surface area contributed by atoms with Gasteiger partial charge in [-0.15, -0.1) is 0 Å². The molecule has 0 radical (unpaired) electrons. The number of carbonyl (C=O) groups excluding carboxylic acids is 1. The zero-order valence-corrected chi connectivity index (χ0v) is 18.2. The molecule has 32 heavy (non-hydrogen) atoms. The molecule has 1 aromatic heterocycles. The Balaban J connectivity index is 1.87. The van der Waals surface area contributed by atoms with E-state index in [1.165, 1.54) is 0 Å². The lowest BCUT2D eigenvalue weighted by Gasteiger charge is -2.12. The first-order valence-electron chi connectivity index (χ1n) is 10.00. The van der Waals surface area contributed by atoms with Crippen molar-refractivity contribution in [3.63, 3.8) is 0 Å². The molecule has 4 rings (SSSR count). The van der Waals surface area contributed by atoms with Crippen LogP contribution in [0.3, 0.4) is 0 Å². The van der Waals surface area contributed by atoms with Crippen LogP contribution >= 0.6 is 0 Å². The van der Waals surface area contributed by atoms with Crippen LogP contribution in [0.2, 0.25) is 0 Å². The molecule has 0 aliphatic heterocycles. The Morgan fingerprint density at radius 3 is 1.97 bits per heavy atom. The quantitative estimate of drug-likeness (QED) is 0.399. The van der Waals surface area contributed by atoms with Crippen molar-refractivity contribution in [3.8, 4) is 28.6 Å². The highest BCUT2D eigenvalue weighted by Crippen LogP contribution is 2.33. The molecule has 0 amide bonds. The summed E-state index contributed by atoms with van der Waals surface area (Å²) in [4.78, 5) is 26.2. The summed E-state index contributed by atoms with van der Waals surface area (Å²) in [6.45, 7) is 3.86. The number of fused-ring (bicyclic) bond motifs is 1. The van der Waals surface area contributed by atoms with E-state index in [1.807, 2.05) is 19.9 Å².